The van der Waals surface area contributed by atoms with E-state index >= 15 is 0 Å². The summed E-state index contributed by atoms with van der Waals surface area (Å²) in [6, 6.07) is -0.606. The summed E-state index contributed by atoms with van der Waals surface area (Å²) in [6.07, 6.45) is 0.505. The number of rotatable bonds is 6. The van der Waals surface area contributed by atoms with Crippen molar-refractivity contribution in [2.45, 2.75) is 6.42 Å². The quantitative estimate of drug-likeness (QED) is 0.157. The number of primary amides is 1. The van der Waals surface area contributed by atoms with Crippen molar-refractivity contribution < 1.29 is 19.4 Å². The van der Waals surface area contributed by atoms with Gasteiger partial charge in [0.15, 0.2) is 5.84 Å². The monoisotopic (exact) mass is 244 g/mol. The van der Waals surface area contributed by atoms with E-state index < -0.39 is 6.03 Å². The first-order valence-electron chi connectivity index (χ1n) is 4.61. The molecule has 0 saturated carbocycles. The second kappa shape index (κ2) is 6.15. The van der Waals surface area contributed by atoms with Crippen molar-refractivity contribution in [2.24, 2.45) is 16.6 Å². The highest BCUT2D eigenvalue weighted by Crippen LogP contribution is 2.11. The van der Waals surface area contributed by atoms with Gasteiger partial charge in [-0.3, -0.25) is 0 Å². The van der Waals surface area contributed by atoms with Crippen LogP contribution in [0.5, 0.6) is 5.88 Å². The van der Waals surface area contributed by atoms with Gasteiger partial charge in [-0.15, -0.1) is 0 Å². The smallest absolute Gasteiger partial charge is 0.312 e. The molecule has 0 spiro atoms. The molecule has 0 bridgehead atoms. The third-order valence-electron chi connectivity index (χ3n) is 1.67. The average Bonchev–Trinajstić information content (AvgIpc) is 2.75. The minimum Gasteiger partial charge on any atom is -0.474 e. The van der Waals surface area contributed by atoms with Crippen molar-refractivity contribution in [3.05, 3.63) is 5.69 Å². The number of carbonyl (C=O) groups is 1. The molecule has 0 fully saturated rings. The van der Waals surface area contributed by atoms with Gasteiger partial charge in [0, 0.05) is 6.54 Å². The second-order valence-corrected chi connectivity index (χ2v) is 2.90. The average molecular weight is 244 g/mol. The van der Waals surface area contributed by atoms with E-state index in [0.717, 1.165) is 0 Å². The van der Waals surface area contributed by atoms with Crippen LogP contribution in [0, 0.1) is 0 Å². The van der Waals surface area contributed by atoms with Crippen molar-refractivity contribution in [3.8, 4) is 5.88 Å². The Morgan fingerprint density at radius 3 is 2.94 bits per heavy atom. The van der Waals surface area contributed by atoms with Gasteiger partial charge in [-0.1, -0.05) is 5.16 Å². The third-order valence-corrected chi connectivity index (χ3v) is 1.67. The summed E-state index contributed by atoms with van der Waals surface area (Å²) < 4.78 is 9.53. The van der Waals surface area contributed by atoms with Crippen LogP contribution in [0.4, 0.5) is 4.79 Å². The zero-order valence-electron chi connectivity index (χ0n) is 8.79. The number of ether oxygens (including phenoxy) is 1. The molecule has 0 atom stereocenters. The first-order valence-corrected chi connectivity index (χ1v) is 4.61. The number of amidine groups is 1. The highest BCUT2D eigenvalue weighted by molar-refractivity contribution is 5.96. The number of amides is 2. The van der Waals surface area contributed by atoms with E-state index in [1.807, 2.05) is 0 Å². The zero-order chi connectivity index (χ0) is 12.7. The lowest BCUT2D eigenvalue weighted by Gasteiger charge is -2.03. The SMILES string of the molecule is NC(=O)NCCCOc1nonc1/C(N)=N/O. The maximum absolute atomic E-state index is 10.3. The van der Waals surface area contributed by atoms with Crippen molar-refractivity contribution in [3.63, 3.8) is 0 Å². The number of carbonyl (C=O) groups excluding carboxylic acids is 1. The van der Waals surface area contributed by atoms with Crippen LogP contribution in [-0.2, 0) is 0 Å². The van der Waals surface area contributed by atoms with Crippen LogP contribution in [0.15, 0.2) is 9.78 Å². The molecule has 0 aromatic carbocycles. The number of nitrogens with two attached hydrogens (primary N) is 2. The zero-order valence-corrected chi connectivity index (χ0v) is 8.79. The molecule has 6 N–H and O–H groups in total. The maximum atomic E-state index is 10.3. The fourth-order valence-corrected chi connectivity index (χ4v) is 0.932. The molecule has 0 aliphatic heterocycles. The Hall–Kier alpha value is -2.52. The van der Waals surface area contributed by atoms with Gasteiger partial charge < -0.3 is 26.7 Å². The predicted molar refractivity (Wildman–Crippen MR) is 54.5 cm³/mol. The summed E-state index contributed by atoms with van der Waals surface area (Å²) in [4.78, 5) is 10.3. The van der Waals surface area contributed by atoms with Crippen molar-refractivity contribution in [2.75, 3.05) is 13.2 Å². The standard InChI is InChI=1S/C7H12N6O4/c8-5(11-15)4-6(13-17-12-4)16-3-1-2-10-7(9)14/h15H,1-3H2,(H2,8,11)(H3,9,10,14). The third kappa shape index (κ3) is 3.85. The largest absolute Gasteiger partial charge is 0.474 e. The Kier molecular flexibility index (Phi) is 4.54. The van der Waals surface area contributed by atoms with Crippen LogP contribution in [0.2, 0.25) is 0 Å². The number of aromatic nitrogens is 2. The second-order valence-electron chi connectivity index (χ2n) is 2.90. The first kappa shape index (κ1) is 12.5. The van der Waals surface area contributed by atoms with Gasteiger partial charge >= 0.3 is 6.03 Å². The van der Waals surface area contributed by atoms with Gasteiger partial charge in [-0.05, 0) is 16.7 Å². The number of nitrogens with zero attached hydrogens (tertiary/aromatic N) is 3. The van der Waals surface area contributed by atoms with Gasteiger partial charge in [0.2, 0.25) is 5.69 Å². The number of urea groups is 1. The molecule has 1 aromatic heterocycles. The van der Waals surface area contributed by atoms with Gasteiger partial charge in [0.25, 0.3) is 5.88 Å². The molecule has 0 aliphatic rings. The van der Waals surface area contributed by atoms with E-state index in [1.165, 1.54) is 0 Å². The Balaban J connectivity index is 2.37. The van der Waals surface area contributed by atoms with Crippen LogP contribution in [-0.4, -0.2) is 40.5 Å². The molecule has 17 heavy (non-hydrogen) atoms. The normalized spacial score (nSPS) is 11.2. The molecule has 1 aromatic rings. The summed E-state index contributed by atoms with van der Waals surface area (Å²) in [5.74, 6) is -0.254. The summed E-state index contributed by atoms with van der Waals surface area (Å²) in [6.45, 7) is 0.597. The van der Waals surface area contributed by atoms with Crippen LogP contribution in [0.25, 0.3) is 0 Å². The van der Waals surface area contributed by atoms with Gasteiger partial charge in [0.1, 0.15) is 0 Å². The van der Waals surface area contributed by atoms with E-state index in [-0.39, 0.29) is 24.0 Å². The van der Waals surface area contributed by atoms with E-state index in [4.69, 9.17) is 21.4 Å². The topological polar surface area (TPSA) is 162 Å². The van der Waals surface area contributed by atoms with Gasteiger partial charge in [-0.25, -0.2) is 9.42 Å². The van der Waals surface area contributed by atoms with Crippen molar-refractivity contribution >= 4 is 11.9 Å². The van der Waals surface area contributed by atoms with Gasteiger partial charge in [0.05, 0.1) is 6.61 Å². The lowest BCUT2D eigenvalue weighted by atomic mass is 10.4. The number of hydrogen-bond donors (Lipinski definition) is 4. The van der Waals surface area contributed by atoms with E-state index in [1.54, 1.807) is 0 Å². The van der Waals surface area contributed by atoms with E-state index in [2.05, 4.69) is 25.4 Å². The molecule has 0 saturated heterocycles. The minimum absolute atomic E-state index is 0.00959. The van der Waals surface area contributed by atoms with Crippen LogP contribution in [0.3, 0.4) is 0 Å². The summed E-state index contributed by atoms with van der Waals surface area (Å²) in [5.41, 5.74) is 10.2. The summed E-state index contributed by atoms with van der Waals surface area (Å²) in [7, 11) is 0. The molecule has 1 rings (SSSR count). The Labute approximate surface area is 95.5 Å². The fraction of sp³-hybridized carbons (Fsp3) is 0.429. The lowest BCUT2D eigenvalue weighted by molar-refractivity contribution is 0.242. The van der Waals surface area contributed by atoms with Crippen LogP contribution < -0.4 is 21.5 Å². The highest BCUT2D eigenvalue weighted by Gasteiger charge is 2.15. The maximum Gasteiger partial charge on any atom is 0.312 e. The van der Waals surface area contributed by atoms with Crippen molar-refractivity contribution in [1.82, 2.24) is 15.6 Å². The van der Waals surface area contributed by atoms with E-state index in [0.29, 0.717) is 13.0 Å². The molecule has 2 amide bonds. The van der Waals surface area contributed by atoms with E-state index in [9.17, 15) is 4.79 Å². The fourth-order valence-electron chi connectivity index (χ4n) is 0.932. The van der Waals surface area contributed by atoms with Crippen LogP contribution >= 0.6 is 0 Å². The minimum atomic E-state index is -0.606. The lowest BCUT2D eigenvalue weighted by Crippen LogP contribution is -2.30. The molecule has 0 unspecified atom stereocenters. The molecule has 1 heterocycles. The Bertz CT molecular complexity index is 403. The predicted octanol–water partition coefficient (Wildman–Crippen LogP) is -1.40. The van der Waals surface area contributed by atoms with Gasteiger partial charge in [-0.2, -0.15) is 0 Å². The van der Waals surface area contributed by atoms with Crippen LogP contribution in [0.1, 0.15) is 12.1 Å². The molecule has 10 heteroatoms. The molecule has 10 nitrogen and oxygen atoms in total. The highest BCUT2D eigenvalue weighted by atomic mass is 16.6. The first-order chi connectivity index (χ1) is 8.15. The molecule has 0 aliphatic carbocycles. The Morgan fingerprint density at radius 2 is 2.29 bits per heavy atom. The summed E-state index contributed by atoms with van der Waals surface area (Å²) >= 11 is 0. The number of oxime groups is 1. The molecule has 94 valence electrons. The summed E-state index contributed by atoms with van der Waals surface area (Å²) in [5, 5.41) is 20.4. The number of hydrogen-bond acceptors (Lipinski definition) is 7. The van der Waals surface area contributed by atoms with Crippen molar-refractivity contribution in [1.29, 1.82) is 0 Å². The number of nitrogens with one attached hydrogen (secondary N) is 1. The molecular formula is C7H12N6O4. The Morgan fingerprint density at radius 1 is 1.53 bits per heavy atom. The molecular weight excluding hydrogens is 232 g/mol. The molecule has 0 radical (unpaired) electrons.